The standard InChI is InChI=1S/C19H24O4/c1-11-7-14(20)8-16-15(11)4-3-12(2)19(16)9-17(23-18(19)21)13-5-6-22-10-13/h5-6,10-12,15-17H,3-4,7-9H2,1-2H3/t11-,12?,15?,16?,17-,19?/m1/s1. The predicted octanol–water partition coefficient (Wildman–Crippen LogP) is 3.92. The Bertz CT molecular complexity index is 619. The molecule has 1 aromatic heterocycles. The first-order valence-electron chi connectivity index (χ1n) is 8.77. The van der Waals surface area contributed by atoms with E-state index in [2.05, 4.69) is 13.8 Å². The van der Waals surface area contributed by atoms with Gasteiger partial charge in [0.05, 0.1) is 17.9 Å². The lowest BCUT2D eigenvalue weighted by atomic mass is 9.50. The summed E-state index contributed by atoms with van der Waals surface area (Å²) in [5.41, 5.74) is 0.439. The van der Waals surface area contributed by atoms with Crippen LogP contribution in [-0.4, -0.2) is 11.8 Å². The number of furan rings is 1. The van der Waals surface area contributed by atoms with Crippen molar-refractivity contribution in [3.05, 3.63) is 24.2 Å². The summed E-state index contributed by atoms with van der Waals surface area (Å²) in [6, 6.07) is 1.87. The van der Waals surface area contributed by atoms with Crippen LogP contribution in [0.25, 0.3) is 0 Å². The van der Waals surface area contributed by atoms with E-state index in [-0.39, 0.29) is 23.9 Å². The molecule has 1 aliphatic heterocycles. The van der Waals surface area contributed by atoms with Crippen LogP contribution in [0.5, 0.6) is 0 Å². The second-order valence-corrected chi connectivity index (χ2v) is 7.87. The molecule has 3 aliphatic rings. The molecular formula is C19H24O4. The van der Waals surface area contributed by atoms with Gasteiger partial charge < -0.3 is 9.15 Å². The second kappa shape index (κ2) is 5.22. The summed E-state index contributed by atoms with van der Waals surface area (Å²) < 4.78 is 10.9. The largest absolute Gasteiger partial charge is 0.472 e. The van der Waals surface area contributed by atoms with Crippen LogP contribution in [0.3, 0.4) is 0 Å². The zero-order chi connectivity index (χ0) is 16.2. The minimum absolute atomic E-state index is 0.0900. The molecule has 4 unspecified atom stereocenters. The van der Waals surface area contributed by atoms with Gasteiger partial charge in [0.15, 0.2) is 0 Å². The maximum Gasteiger partial charge on any atom is 0.313 e. The van der Waals surface area contributed by atoms with Gasteiger partial charge in [0.1, 0.15) is 11.9 Å². The van der Waals surface area contributed by atoms with Gasteiger partial charge in [-0.2, -0.15) is 0 Å². The average molecular weight is 316 g/mol. The van der Waals surface area contributed by atoms with Crippen molar-refractivity contribution in [2.24, 2.45) is 29.1 Å². The van der Waals surface area contributed by atoms with Gasteiger partial charge >= 0.3 is 5.97 Å². The van der Waals surface area contributed by atoms with Crippen molar-refractivity contribution in [2.75, 3.05) is 0 Å². The Hall–Kier alpha value is -1.58. The third-order valence-electron chi connectivity index (χ3n) is 6.79. The molecule has 1 aromatic rings. The lowest BCUT2D eigenvalue weighted by molar-refractivity contribution is -0.162. The van der Waals surface area contributed by atoms with Crippen molar-refractivity contribution in [1.29, 1.82) is 0 Å². The van der Waals surface area contributed by atoms with E-state index in [0.717, 1.165) is 18.4 Å². The van der Waals surface area contributed by atoms with E-state index in [9.17, 15) is 9.59 Å². The SMILES string of the molecule is CC1CCC2C(CC(=O)C[C@H]2C)C12C[C@H](c1ccoc1)OC2=O. The van der Waals surface area contributed by atoms with Crippen molar-refractivity contribution in [3.63, 3.8) is 0 Å². The fourth-order valence-corrected chi connectivity index (χ4v) is 5.52. The summed E-state index contributed by atoms with van der Waals surface area (Å²) >= 11 is 0. The van der Waals surface area contributed by atoms with E-state index in [1.54, 1.807) is 12.5 Å². The first-order chi connectivity index (χ1) is 11.0. The summed E-state index contributed by atoms with van der Waals surface area (Å²) in [5.74, 6) is 1.49. The Kier molecular flexibility index (Phi) is 3.40. The van der Waals surface area contributed by atoms with Crippen LogP contribution in [0.2, 0.25) is 0 Å². The molecule has 124 valence electrons. The van der Waals surface area contributed by atoms with Crippen molar-refractivity contribution >= 4 is 11.8 Å². The minimum Gasteiger partial charge on any atom is -0.472 e. The monoisotopic (exact) mass is 316 g/mol. The summed E-state index contributed by atoms with van der Waals surface area (Å²) in [6.07, 6.45) is 7.14. The molecular weight excluding hydrogens is 292 g/mol. The molecule has 1 saturated heterocycles. The zero-order valence-electron chi connectivity index (χ0n) is 13.8. The van der Waals surface area contributed by atoms with Gasteiger partial charge in [-0.25, -0.2) is 0 Å². The molecule has 2 aliphatic carbocycles. The maximum atomic E-state index is 13.0. The van der Waals surface area contributed by atoms with Crippen LogP contribution in [0.1, 0.15) is 57.6 Å². The van der Waals surface area contributed by atoms with E-state index < -0.39 is 5.41 Å². The van der Waals surface area contributed by atoms with E-state index in [4.69, 9.17) is 9.15 Å². The molecule has 4 nitrogen and oxygen atoms in total. The van der Waals surface area contributed by atoms with E-state index in [1.807, 2.05) is 6.07 Å². The fraction of sp³-hybridized carbons (Fsp3) is 0.684. The van der Waals surface area contributed by atoms with Crippen LogP contribution >= 0.6 is 0 Å². The Balaban J connectivity index is 1.71. The lowest BCUT2D eigenvalue weighted by Gasteiger charge is -2.51. The highest BCUT2D eigenvalue weighted by molar-refractivity contribution is 5.84. The third-order valence-corrected chi connectivity index (χ3v) is 6.79. The number of carbonyl (C=O) groups is 2. The number of ether oxygens (including phenoxy) is 1. The Labute approximate surface area is 136 Å². The van der Waals surface area contributed by atoms with Gasteiger partial charge in [-0.3, -0.25) is 9.59 Å². The van der Waals surface area contributed by atoms with E-state index in [1.165, 1.54) is 0 Å². The highest BCUT2D eigenvalue weighted by atomic mass is 16.6. The van der Waals surface area contributed by atoms with Crippen molar-refractivity contribution in [1.82, 2.24) is 0 Å². The second-order valence-electron chi connectivity index (χ2n) is 7.87. The molecule has 0 bridgehead atoms. The van der Waals surface area contributed by atoms with E-state index >= 15 is 0 Å². The highest BCUT2D eigenvalue weighted by Gasteiger charge is 2.62. The molecule has 1 spiro atoms. The molecule has 3 fully saturated rings. The number of ketones is 1. The van der Waals surface area contributed by atoms with Gasteiger partial charge in [0.2, 0.25) is 0 Å². The molecule has 0 aromatic carbocycles. The molecule has 0 amide bonds. The number of hydrogen-bond donors (Lipinski definition) is 0. The molecule has 4 heteroatoms. The molecule has 0 N–H and O–H groups in total. The summed E-state index contributed by atoms with van der Waals surface area (Å²) in [5, 5.41) is 0. The molecule has 6 atom stereocenters. The Morgan fingerprint density at radius 2 is 2.00 bits per heavy atom. The number of Topliss-reactive ketones (excluding diaryl/α,β-unsaturated/α-hetero) is 1. The van der Waals surface area contributed by atoms with Crippen molar-refractivity contribution < 1.29 is 18.7 Å². The molecule has 23 heavy (non-hydrogen) atoms. The number of fused-ring (bicyclic) bond motifs is 2. The van der Waals surface area contributed by atoms with Crippen molar-refractivity contribution in [2.45, 2.75) is 52.1 Å². The lowest BCUT2D eigenvalue weighted by Crippen LogP contribution is -2.52. The zero-order valence-corrected chi connectivity index (χ0v) is 13.8. The highest BCUT2D eigenvalue weighted by Crippen LogP contribution is 2.61. The third kappa shape index (κ3) is 2.10. The number of hydrogen-bond acceptors (Lipinski definition) is 4. The fourth-order valence-electron chi connectivity index (χ4n) is 5.52. The summed E-state index contributed by atoms with van der Waals surface area (Å²) in [6.45, 7) is 4.34. The smallest absolute Gasteiger partial charge is 0.313 e. The number of cyclic esters (lactones) is 1. The Morgan fingerprint density at radius 1 is 1.17 bits per heavy atom. The van der Waals surface area contributed by atoms with Gasteiger partial charge in [-0.1, -0.05) is 13.8 Å². The Morgan fingerprint density at radius 3 is 2.74 bits per heavy atom. The molecule has 4 rings (SSSR count). The first-order valence-corrected chi connectivity index (χ1v) is 8.77. The molecule has 2 saturated carbocycles. The molecule has 0 radical (unpaired) electrons. The predicted molar refractivity (Wildman–Crippen MR) is 83.4 cm³/mol. The van der Waals surface area contributed by atoms with Crippen LogP contribution in [-0.2, 0) is 14.3 Å². The van der Waals surface area contributed by atoms with Gasteiger partial charge in [0, 0.05) is 24.8 Å². The maximum absolute atomic E-state index is 13.0. The van der Waals surface area contributed by atoms with Crippen molar-refractivity contribution in [3.8, 4) is 0 Å². The topological polar surface area (TPSA) is 56.5 Å². The quantitative estimate of drug-likeness (QED) is 0.737. The van der Waals surface area contributed by atoms with Crippen LogP contribution in [0.4, 0.5) is 0 Å². The summed E-state index contributed by atoms with van der Waals surface area (Å²) in [4.78, 5) is 25.2. The van der Waals surface area contributed by atoms with Crippen LogP contribution in [0.15, 0.2) is 23.0 Å². The number of rotatable bonds is 1. The van der Waals surface area contributed by atoms with Gasteiger partial charge in [-0.15, -0.1) is 0 Å². The summed E-state index contributed by atoms with van der Waals surface area (Å²) in [7, 11) is 0. The molecule has 2 heterocycles. The van der Waals surface area contributed by atoms with Crippen LogP contribution in [0, 0.1) is 29.1 Å². The minimum atomic E-state index is -0.491. The van der Waals surface area contributed by atoms with Crippen LogP contribution < -0.4 is 0 Å². The number of esters is 1. The van der Waals surface area contributed by atoms with Gasteiger partial charge in [-0.05, 0) is 42.6 Å². The number of carbonyl (C=O) groups excluding carboxylic acids is 2. The van der Waals surface area contributed by atoms with E-state index in [0.29, 0.717) is 36.9 Å². The normalized spacial score (nSPS) is 43.5. The average Bonchev–Trinajstić information content (AvgIpc) is 3.12. The first kappa shape index (κ1) is 15.0. The van der Waals surface area contributed by atoms with Gasteiger partial charge in [0.25, 0.3) is 0 Å².